The van der Waals surface area contributed by atoms with Crippen molar-refractivity contribution in [3.63, 3.8) is 0 Å². The second-order valence-corrected chi connectivity index (χ2v) is 7.07. The van der Waals surface area contributed by atoms with Gasteiger partial charge in [-0.1, -0.05) is 46.0 Å². The van der Waals surface area contributed by atoms with Crippen LogP contribution < -0.4 is 11.1 Å². The van der Waals surface area contributed by atoms with Gasteiger partial charge in [0.1, 0.15) is 4.99 Å². The molecule has 0 saturated heterocycles. The standard InChI is InChI=1S/C16H26N2S2/c1-10(2)12(11(3)4)9-18-13-7-6-8-14(20-5)15(13)16(17)19/h6-8,10-12,18H,9H2,1-5H3,(H2,17,19). The highest BCUT2D eigenvalue weighted by Crippen LogP contribution is 2.28. The highest BCUT2D eigenvalue weighted by molar-refractivity contribution is 7.98. The van der Waals surface area contributed by atoms with Gasteiger partial charge in [-0.25, -0.2) is 0 Å². The zero-order valence-electron chi connectivity index (χ0n) is 13.1. The van der Waals surface area contributed by atoms with E-state index in [1.54, 1.807) is 11.8 Å². The fourth-order valence-corrected chi connectivity index (χ4v) is 3.49. The summed E-state index contributed by atoms with van der Waals surface area (Å²) in [4.78, 5) is 1.59. The maximum absolute atomic E-state index is 5.90. The van der Waals surface area contributed by atoms with E-state index in [1.165, 1.54) is 0 Å². The van der Waals surface area contributed by atoms with Crippen LogP contribution in [0.25, 0.3) is 0 Å². The molecular formula is C16H26N2S2. The van der Waals surface area contributed by atoms with Crippen LogP contribution in [0, 0.1) is 17.8 Å². The van der Waals surface area contributed by atoms with Crippen LogP contribution in [0.2, 0.25) is 0 Å². The number of thiocarbonyl (C=S) groups is 1. The van der Waals surface area contributed by atoms with Crippen LogP contribution in [0.5, 0.6) is 0 Å². The van der Waals surface area contributed by atoms with Crippen molar-refractivity contribution < 1.29 is 0 Å². The molecule has 0 aromatic heterocycles. The van der Waals surface area contributed by atoms with Crippen LogP contribution in [0.1, 0.15) is 33.3 Å². The van der Waals surface area contributed by atoms with Gasteiger partial charge in [0.05, 0.1) is 0 Å². The van der Waals surface area contributed by atoms with Crippen LogP contribution in [0.15, 0.2) is 23.1 Å². The van der Waals surface area contributed by atoms with Gasteiger partial charge in [0.15, 0.2) is 0 Å². The van der Waals surface area contributed by atoms with E-state index in [0.717, 1.165) is 22.7 Å². The maximum atomic E-state index is 5.90. The summed E-state index contributed by atoms with van der Waals surface area (Å²) in [5, 5.41) is 3.55. The fourth-order valence-electron chi connectivity index (χ4n) is 2.57. The Morgan fingerprint density at radius 2 is 1.85 bits per heavy atom. The van der Waals surface area contributed by atoms with Gasteiger partial charge in [-0.05, 0) is 36.1 Å². The lowest BCUT2D eigenvalue weighted by Crippen LogP contribution is -2.25. The van der Waals surface area contributed by atoms with E-state index >= 15 is 0 Å². The van der Waals surface area contributed by atoms with Gasteiger partial charge in [-0.2, -0.15) is 0 Å². The van der Waals surface area contributed by atoms with Crippen LogP contribution in [-0.4, -0.2) is 17.8 Å². The van der Waals surface area contributed by atoms with E-state index in [1.807, 2.05) is 6.26 Å². The molecule has 0 spiro atoms. The first-order chi connectivity index (χ1) is 9.38. The lowest BCUT2D eigenvalue weighted by molar-refractivity contribution is 0.304. The topological polar surface area (TPSA) is 38.0 Å². The van der Waals surface area contributed by atoms with Crippen molar-refractivity contribution in [1.29, 1.82) is 0 Å². The van der Waals surface area contributed by atoms with E-state index in [0.29, 0.717) is 22.7 Å². The lowest BCUT2D eigenvalue weighted by Gasteiger charge is -2.26. The van der Waals surface area contributed by atoms with Gasteiger partial charge in [-0.3, -0.25) is 0 Å². The Morgan fingerprint density at radius 1 is 1.25 bits per heavy atom. The summed E-state index contributed by atoms with van der Waals surface area (Å²) in [5.74, 6) is 1.94. The Bertz CT molecular complexity index is 448. The smallest absolute Gasteiger partial charge is 0.107 e. The van der Waals surface area contributed by atoms with Gasteiger partial charge in [0.25, 0.3) is 0 Å². The molecule has 0 bridgehead atoms. The molecule has 0 radical (unpaired) electrons. The number of nitrogens with one attached hydrogen (secondary N) is 1. The molecule has 1 aromatic carbocycles. The number of rotatable bonds is 7. The fraction of sp³-hybridized carbons (Fsp3) is 0.562. The quantitative estimate of drug-likeness (QED) is 0.579. The summed E-state index contributed by atoms with van der Waals surface area (Å²) < 4.78 is 0. The molecule has 4 heteroatoms. The third kappa shape index (κ3) is 4.38. The number of nitrogens with two attached hydrogens (primary N) is 1. The molecule has 3 N–H and O–H groups in total. The van der Waals surface area contributed by atoms with Crippen LogP contribution >= 0.6 is 24.0 Å². The average Bonchev–Trinajstić information content (AvgIpc) is 2.37. The number of benzene rings is 1. The van der Waals surface area contributed by atoms with Crippen molar-refractivity contribution in [3.05, 3.63) is 23.8 Å². The maximum Gasteiger partial charge on any atom is 0.107 e. The Kier molecular flexibility index (Phi) is 6.83. The van der Waals surface area contributed by atoms with E-state index in [4.69, 9.17) is 18.0 Å². The molecule has 0 amide bonds. The van der Waals surface area contributed by atoms with Crippen LogP contribution in [0.4, 0.5) is 5.69 Å². The minimum absolute atomic E-state index is 0.461. The highest BCUT2D eigenvalue weighted by Gasteiger charge is 2.18. The number of hydrogen-bond donors (Lipinski definition) is 2. The zero-order chi connectivity index (χ0) is 15.3. The van der Waals surface area contributed by atoms with Crippen molar-refractivity contribution in [2.75, 3.05) is 18.1 Å². The minimum Gasteiger partial charge on any atom is -0.389 e. The Labute approximate surface area is 132 Å². The molecule has 0 unspecified atom stereocenters. The predicted octanol–water partition coefficient (Wildman–Crippen LogP) is 4.38. The van der Waals surface area contributed by atoms with Crippen molar-refractivity contribution in [2.24, 2.45) is 23.5 Å². The van der Waals surface area contributed by atoms with Gasteiger partial charge >= 0.3 is 0 Å². The molecule has 0 aliphatic carbocycles. The van der Waals surface area contributed by atoms with Gasteiger partial charge in [0.2, 0.25) is 0 Å². The molecule has 1 rings (SSSR count). The Morgan fingerprint density at radius 3 is 2.30 bits per heavy atom. The SMILES string of the molecule is CSc1cccc(NCC(C(C)C)C(C)C)c1C(N)=S. The largest absolute Gasteiger partial charge is 0.389 e. The zero-order valence-corrected chi connectivity index (χ0v) is 14.7. The molecule has 0 atom stereocenters. The Hall–Kier alpha value is -0.740. The average molecular weight is 311 g/mol. The molecular weight excluding hydrogens is 284 g/mol. The first-order valence-electron chi connectivity index (χ1n) is 7.09. The first-order valence-corrected chi connectivity index (χ1v) is 8.72. The van der Waals surface area contributed by atoms with Crippen molar-refractivity contribution >= 4 is 34.7 Å². The van der Waals surface area contributed by atoms with Gasteiger partial charge in [-0.15, -0.1) is 11.8 Å². The number of anilines is 1. The second-order valence-electron chi connectivity index (χ2n) is 5.78. The molecule has 0 fully saturated rings. The first kappa shape index (κ1) is 17.3. The van der Waals surface area contributed by atoms with Crippen LogP contribution in [-0.2, 0) is 0 Å². The third-order valence-electron chi connectivity index (χ3n) is 3.73. The van der Waals surface area contributed by atoms with E-state index in [-0.39, 0.29) is 0 Å². The second kappa shape index (κ2) is 7.89. The number of hydrogen-bond acceptors (Lipinski definition) is 3. The monoisotopic (exact) mass is 310 g/mol. The predicted molar refractivity (Wildman–Crippen MR) is 95.8 cm³/mol. The molecule has 0 heterocycles. The molecule has 112 valence electrons. The summed E-state index contributed by atoms with van der Waals surface area (Å²) in [7, 11) is 0. The molecule has 1 aromatic rings. The highest BCUT2D eigenvalue weighted by atomic mass is 32.2. The summed E-state index contributed by atoms with van der Waals surface area (Å²) in [6, 6.07) is 6.17. The summed E-state index contributed by atoms with van der Waals surface area (Å²) >= 11 is 6.89. The Balaban J connectivity index is 2.95. The van der Waals surface area contributed by atoms with Crippen molar-refractivity contribution in [1.82, 2.24) is 0 Å². The van der Waals surface area contributed by atoms with E-state index in [9.17, 15) is 0 Å². The molecule has 20 heavy (non-hydrogen) atoms. The summed E-state index contributed by atoms with van der Waals surface area (Å²) in [6.07, 6.45) is 2.05. The summed E-state index contributed by atoms with van der Waals surface area (Å²) in [6.45, 7) is 10.1. The molecule has 0 aliphatic rings. The normalized spacial score (nSPS) is 11.4. The lowest BCUT2D eigenvalue weighted by atomic mass is 9.85. The molecule has 0 aliphatic heterocycles. The van der Waals surface area contributed by atoms with E-state index < -0.39 is 0 Å². The van der Waals surface area contributed by atoms with Crippen LogP contribution in [0.3, 0.4) is 0 Å². The van der Waals surface area contributed by atoms with Crippen molar-refractivity contribution in [2.45, 2.75) is 32.6 Å². The number of thioether (sulfide) groups is 1. The molecule has 0 saturated carbocycles. The van der Waals surface area contributed by atoms with Crippen molar-refractivity contribution in [3.8, 4) is 0 Å². The third-order valence-corrected chi connectivity index (χ3v) is 4.72. The molecule has 2 nitrogen and oxygen atoms in total. The summed E-state index contributed by atoms with van der Waals surface area (Å²) in [5.41, 5.74) is 7.92. The van der Waals surface area contributed by atoms with Gasteiger partial charge < -0.3 is 11.1 Å². The minimum atomic E-state index is 0.461. The van der Waals surface area contributed by atoms with Gasteiger partial charge in [0, 0.05) is 22.7 Å². The van der Waals surface area contributed by atoms with E-state index in [2.05, 4.69) is 51.2 Å².